The lowest BCUT2D eigenvalue weighted by molar-refractivity contribution is 0.0493. The van der Waals surface area contributed by atoms with E-state index in [0.717, 1.165) is 6.42 Å². The van der Waals surface area contributed by atoms with Crippen molar-refractivity contribution in [2.45, 2.75) is 19.8 Å². The molecule has 1 aromatic carbocycles. The van der Waals surface area contributed by atoms with Gasteiger partial charge in [0.15, 0.2) is 17.3 Å². The Bertz CT molecular complexity index is 988. The van der Waals surface area contributed by atoms with Crippen LogP contribution >= 0.6 is 11.6 Å². The number of H-pyrrole nitrogens is 1. The van der Waals surface area contributed by atoms with Gasteiger partial charge in [-0.1, -0.05) is 31.0 Å². The molecule has 0 aliphatic carbocycles. The fourth-order valence-corrected chi connectivity index (χ4v) is 2.73. The van der Waals surface area contributed by atoms with Crippen molar-refractivity contribution in [2.75, 3.05) is 12.3 Å². The number of hydrogen-bond donors (Lipinski definition) is 2. The Morgan fingerprint density at radius 1 is 1.31 bits per heavy atom. The van der Waals surface area contributed by atoms with Crippen LogP contribution in [0.15, 0.2) is 24.4 Å². The van der Waals surface area contributed by atoms with Gasteiger partial charge in [0.2, 0.25) is 0 Å². The molecule has 5 nitrogen and oxygen atoms in total. The van der Waals surface area contributed by atoms with Gasteiger partial charge in [0, 0.05) is 17.1 Å². The van der Waals surface area contributed by atoms with Crippen LogP contribution in [0.5, 0.6) is 0 Å². The minimum Gasteiger partial charge on any atom is -0.461 e. The third kappa shape index (κ3) is 3.10. The number of nitrogens with one attached hydrogen (secondary N) is 1. The molecule has 3 N–H and O–H groups in total. The van der Waals surface area contributed by atoms with E-state index in [0.29, 0.717) is 11.8 Å². The number of hydrogen-bond acceptors (Lipinski definition) is 4. The Balaban J connectivity index is 2.12. The van der Waals surface area contributed by atoms with E-state index >= 15 is 0 Å². The lowest BCUT2D eigenvalue weighted by atomic mass is 10.1. The smallest absolute Gasteiger partial charge is 0.358 e. The number of fused-ring (bicyclic) bond motifs is 1. The van der Waals surface area contributed by atoms with Gasteiger partial charge in [0.25, 0.3) is 0 Å². The number of pyridine rings is 1. The number of aromatic nitrogens is 2. The molecule has 0 bridgehead atoms. The highest BCUT2D eigenvalue weighted by Gasteiger charge is 2.25. The van der Waals surface area contributed by atoms with Crippen LogP contribution < -0.4 is 5.73 Å². The number of unbranched alkanes of at least 4 members (excludes halogenated alkanes) is 1. The van der Waals surface area contributed by atoms with Crippen LogP contribution in [0.4, 0.5) is 14.5 Å². The molecule has 8 heteroatoms. The largest absolute Gasteiger partial charge is 0.461 e. The number of carbonyl (C=O) groups is 1. The van der Waals surface area contributed by atoms with Crippen molar-refractivity contribution < 1.29 is 18.3 Å². The third-order valence-electron chi connectivity index (χ3n) is 3.96. The standard InChI is InChI=1S/C18H16ClF2N3O2/c1-2-3-8-26-18(25)17-11(19)14(22)13(21)16(24-17)10-5-4-9-6-7-23-15(9)12(10)20/h4-7,23H,2-3,8H2,1H3,(H2,22,24). The van der Waals surface area contributed by atoms with E-state index in [2.05, 4.69) is 9.97 Å². The van der Waals surface area contributed by atoms with E-state index in [1.54, 1.807) is 18.3 Å². The molecule has 0 saturated carbocycles. The van der Waals surface area contributed by atoms with E-state index in [9.17, 15) is 13.6 Å². The number of nitrogen functional groups attached to an aromatic ring is 1. The summed E-state index contributed by atoms with van der Waals surface area (Å²) in [4.78, 5) is 18.9. The predicted octanol–water partition coefficient (Wildman–Crippen LogP) is 4.70. The van der Waals surface area contributed by atoms with Crippen LogP contribution in [0.25, 0.3) is 22.2 Å². The second kappa shape index (κ2) is 7.29. The number of anilines is 1. The normalized spacial score (nSPS) is 11.1. The van der Waals surface area contributed by atoms with Gasteiger partial charge >= 0.3 is 5.97 Å². The van der Waals surface area contributed by atoms with Crippen LogP contribution in [0.3, 0.4) is 0 Å². The summed E-state index contributed by atoms with van der Waals surface area (Å²) < 4.78 is 34.4. The molecular weight excluding hydrogens is 364 g/mol. The highest BCUT2D eigenvalue weighted by Crippen LogP contribution is 2.35. The first-order chi connectivity index (χ1) is 12.5. The minimum absolute atomic E-state index is 0.136. The summed E-state index contributed by atoms with van der Waals surface area (Å²) in [6.07, 6.45) is 3.05. The quantitative estimate of drug-likeness (QED) is 0.497. The highest BCUT2D eigenvalue weighted by atomic mass is 35.5. The number of ether oxygens (including phenoxy) is 1. The Labute approximate surface area is 153 Å². The van der Waals surface area contributed by atoms with Gasteiger partial charge in [0.05, 0.1) is 22.8 Å². The van der Waals surface area contributed by atoms with E-state index in [1.165, 1.54) is 6.07 Å². The first-order valence-electron chi connectivity index (χ1n) is 8.03. The Kier molecular flexibility index (Phi) is 5.08. The molecule has 26 heavy (non-hydrogen) atoms. The van der Waals surface area contributed by atoms with Gasteiger partial charge in [0.1, 0.15) is 5.69 Å². The number of rotatable bonds is 5. The van der Waals surface area contributed by atoms with Gasteiger partial charge in [-0.15, -0.1) is 0 Å². The van der Waals surface area contributed by atoms with E-state index in [4.69, 9.17) is 22.1 Å². The van der Waals surface area contributed by atoms with Gasteiger partial charge in [-0.3, -0.25) is 0 Å². The maximum absolute atomic E-state index is 14.8. The summed E-state index contributed by atoms with van der Waals surface area (Å²) in [5.41, 5.74) is 4.51. The second-order valence-electron chi connectivity index (χ2n) is 5.71. The van der Waals surface area contributed by atoms with Crippen LogP contribution in [0, 0.1) is 11.6 Å². The third-order valence-corrected chi connectivity index (χ3v) is 4.34. The van der Waals surface area contributed by atoms with Crippen molar-refractivity contribution in [3.63, 3.8) is 0 Å². The molecule has 0 unspecified atom stereocenters. The predicted molar refractivity (Wildman–Crippen MR) is 96.1 cm³/mol. The van der Waals surface area contributed by atoms with Crippen LogP contribution in [0.1, 0.15) is 30.3 Å². The lowest BCUT2D eigenvalue weighted by Gasteiger charge is -2.12. The van der Waals surface area contributed by atoms with Crippen molar-refractivity contribution in [1.82, 2.24) is 9.97 Å². The number of esters is 1. The van der Waals surface area contributed by atoms with Crippen molar-refractivity contribution in [1.29, 1.82) is 0 Å². The average Bonchev–Trinajstić information content (AvgIpc) is 3.11. The van der Waals surface area contributed by atoms with Crippen LogP contribution in [0.2, 0.25) is 5.02 Å². The Morgan fingerprint density at radius 2 is 2.08 bits per heavy atom. The molecule has 0 saturated heterocycles. The molecule has 0 amide bonds. The molecule has 136 valence electrons. The first kappa shape index (κ1) is 18.1. The summed E-state index contributed by atoms with van der Waals surface area (Å²) in [6, 6.07) is 4.66. The molecule has 0 aliphatic rings. The zero-order valence-electron chi connectivity index (χ0n) is 13.9. The van der Waals surface area contributed by atoms with Crippen molar-refractivity contribution in [3.8, 4) is 11.3 Å². The molecule has 0 fully saturated rings. The highest BCUT2D eigenvalue weighted by molar-refractivity contribution is 6.35. The number of carbonyl (C=O) groups excluding carboxylic acids is 1. The topological polar surface area (TPSA) is 81.0 Å². The summed E-state index contributed by atoms with van der Waals surface area (Å²) in [5, 5.41) is 0.266. The van der Waals surface area contributed by atoms with Gasteiger partial charge in [-0.2, -0.15) is 0 Å². The number of benzene rings is 1. The molecular formula is C18H16ClF2N3O2. The molecule has 0 spiro atoms. The molecule has 2 aromatic heterocycles. The van der Waals surface area contributed by atoms with Gasteiger partial charge < -0.3 is 15.5 Å². The number of aromatic amines is 1. The fraction of sp³-hybridized carbons (Fsp3) is 0.222. The molecule has 0 aliphatic heterocycles. The maximum Gasteiger partial charge on any atom is 0.358 e. The van der Waals surface area contributed by atoms with Crippen molar-refractivity contribution >= 4 is 34.2 Å². The van der Waals surface area contributed by atoms with E-state index in [-0.39, 0.29) is 28.4 Å². The summed E-state index contributed by atoms with van der Waals surface area (Å²) in [6.45, 7) is 2.11. The van der Waals surface area contributed by atoms with Gasteiger partial charge in [-0.25, -0.2) is 18.6 Å². The first-order valence-corrected chi connectivity index (χ1v) is 8.41. The van der Waals surface area contributed by atoms with Gasteiger partial charge in [-0.05, 0) is 18.6 Å². The maximum atomic E-state index is 14.8. The molecule has 2 heterocycles. The lowest BCUT2D eigenvalue weighted by Crippen LogP contribution is -2.13. The summed E-state index contributed by atoms with van der Waals surface area (Å²) >= 11 is 5.95. The van der Waals surface area contributed by atoms with E-state index < -0.39 is 29.0 Å². The molecule has 3 rings (SSSR count). The monoisotopic (exact) mass is 379 g/mol. The molecule has 3 aromatic rings. The Morgan fingerprint density at radius 3 is 2.81 bits per heavy atom. The average molecular weight is 380 g/mol. The second-order valence-corrected chi connectivity index (χ2v) is 6.09. The minimum atomic E-state index is -0.995. The SMILES string of the molecule is CCCCOC(=O)c1nc(-c2ccc3cc[nH]c3c2F)c(F)c(N)c1Cl. The number of nitrogens with two attached hydrogens (primary N) is 1. The van der Waals surface area contributed by atoms with Crippen molar-refractivity contribution in [3.05, 3.63) is 46.7 Å². The zero-order valence-corrected chi connectivity index (χ0v) is 14.7. The summed E-state index contributed by atoms with van der Waals surface area (Å²) in [7, 11) is 0. The van der Waals surface area contributed by atoms with Crippen molar-refractivity contribution in [2.24, 2.45) is 0 Å². The number of halogens is 3. The zero-order chi connectivity index (χ0) is 18.8. The molecule has 0 atom stereocenters. The number of nitrogens with zero attached hydrogens (tertiary/aromatic N) is 1. The van der Waals surface area contributed by atoms with Crippen LogP contribution in [-0.4, -0.2) is 22.5 Å². The Hall–Kier alpha value is -2.67. The van der Waals surface area contributed by atoms with E-state index in [1.807, 2.05) is 6.92 Å². The van der Waals surface area contributed by atoms with Crippen LogP contribution in [-0.2, 0) is 4.74 Å². The molecule has 0 radical (unpaired) electrons. The summed E-state index contributed by atoms with van der Waals surface area (Å²) in [5.74, 6) is -2.53. The fourth-order valence-electron chi connectivity index (χ4n) is 2.53.